The number of isocyanates is 1. The number of ether oxygens (including phenoxy) is 1. The van der Waals surface area contributed by atoms with Crippen molar-refractivity contribution < 1.29 is 62.1 Å². The van der Waals surface area contributed by atoms with E-state index >= 15 is 0 Å². The molecule has 1 heterocycles. The fraction of sp³-hybridized carbons (Fsp3) is 0.381. The molecule has 2 rings (SSSR count). The predicted octanol–water partition coefficient (Wildman–Crippen LogP) is 4.59. The van der Waals surface area contributed by atoms with Gasteiger partial charge < -0.3 is 8.86 Å². The standard InChI is InChI=1S/C19H21N3O3.C2F6NO4S2/c1-2-3-4-16-9-11-22(12-10-16)13-14-25-19(24)21-18-7-5-17(6-8-18)20-15-23;3-1(4,5)14(10,11)9-15(12,13)2(6,7)8/h5-12H,2-4,13-14H2,1H3;/q;-1/p+1. The van der Waals surface area contributed by atoms with Gasteiger partial charge in [-0.05, 0) is 42.7 Å². The van der Waals surface area contributed by atoms with Crippen molar-refractivity contribution >= 4 is 43.6 Å². The highest BCUT2D eigenvalue weighted by atomic mass is 32.3. The molecule has 0 saturated heterocycles. The van der Waals surface area contributed by atoms with Crippen molar-refractivity contribution in [2.45, 2.75) is 43.7 Å². The molecular weight excluding hydrogens is 598 g/mol. The Labute approximate surface area is 225 Å². The second-order valence-electron chi connectivity index (χ2n) is 7.47. The number of rotatable bonds is 10. The van der Waals surface area contributed by atoms with Crippen molar-refractivity contribution in [2.75, 3.05) is 11.9 Å². The molecule has 2 aromatic rings. The normalized spacial score (nSPS) is 12.0. The number of aryl methyl sites for hydroxylation is 1. The third-order valence-corrected chi connectivity index (χ3v) is 7.17. The summed E-state index contributed by atoms with van der Waals surface area (Å²) in [7, 11) is -13.4. The van der Waals surface area contributed by atoms with Gasteiger partial charge in [0.05, 0.1) is 5.69 Å². The van der Waals surface area contributed by atoms with Crippen molar-refractivity contribution in [3.05, 3.63) is 58.5 Å². The number of carbonyl (C=O) groups is 1. The van der Waals surface area contributed by atoms with Crippen LogP contribution in [0.3, 0.4) is 0 Å². The summed E-state index contributed by atoms with van der Waals surface area (Å²) in [5.74, 6) is 0. The summed E-state index contributed by atoms with van der Waals surface area (Å²) in [6.45, 7) is 3.05. The van der Waals surface area contributed by atoms with Gasteiger partial charge in [-0.2, -0.15) is 31.3 Å². The van der Waals surface area contributed by atoms with Gasteiger partial charge in [-0.15, -0.1) is 0 Å². The topological polar surface area (TPSA) is 154 Å². The van der Waals surface area contributed by atoms with Crippen molar-refractivity contribution in [3.8, 4) is 0 Å². The van der Waals surface area contributed by atoms with E-state index in [1.165, 1.54) is 24.5 Å². The number of benzene rings is 1. The largest absolute Gasteiger partial charge is 0.480 e. The van der Waals surface area contributed by atoms with Crippen LogP contribution in [-0.2, 0) is 42.5 Å². The van der Waals surface area contributed by atoms with Crippen LogP contribution in [-0.4, -0.2) is 46.6 Å². The Morgan fingerprint density at radius 2 is 1.50 bits per heavy atom. The molecule has 1 aromatic heterocycles. The van der Waals surface area contributed by atoms with Crippen molar-refractivity contribution in [1.29, 1.82) is 0 Å². The van der Waals surface area contributed by atoms with Crippen LogP contribution in [0.4, 0.5) is 42.5 Å². The summed E-state index contributed by atoms with van der Waals surface area (Å²) in [5.41, 5.74) is -10.0. The number of hydrogen-bond donors (Lipinski definition) is 1. The van der Waals surface area contributed by atoms with E-state index in [-0.39, 0.29) is 6.61 Å². The number of nitrogens with zero attached hydrogens (tertiary/aromatic N) is 3. The van der Waals surface area contributed by atoms with Crippen LogP contribution in [0.15, 0.2) is 53.8 Å². The molecule has 19 heteroatoms. The number of aliphatic imine (C=N–C) groups is 1. The fourth-order valence-corrected chi connectivity index (χ4v) is 4.18. The first kappa shape index (κ1) is 34.5. The fourth-order valence-electron chi connectivity index (χ4n) is 2.47. The number of amides is 1. The SMILES string of the molecule is CCCCc1cc[n+](CCOC(=O)Nc2ccc(N=C=O)cc2)cc1.O=S(=O)([N-]S(=O)(=O)C(F)(F)F)C(F)(F)F. The number of carbonyl (C=O) groups excluding carboxylic acids is 2. The van der Waals surface area contributed by atoms with Crippen LogP contribution in [0.25, 0.3) is 4.13 Å². The van der Waals surface area contributed by atoms with E-state index in [9.17, 15) is 52.8 Å². The van der Waals surface area contributed by atoms with E-state index in [0.717, 1.165) is 10.5 Å². The zero-order chi connectivity index (χ0) is 30.6. The second kappa shape index (κ2) is 14.7. The van der Waals surface area contributed by atoms with Gasteiger partial charge in [0.25, 0.3) is 0 Å². The smallest absolute Gasteiger partial charge is 0.443 e. The third kappa shape index (κ3) is 11.7. The van der Waals surface area contributed by atoms with Gasteiger partial charge in [0.2, 0.25) is 6.08 Å². The molecule has 0 unspecified atom stereocenters. The summed E-state index contributed by atoms with van der Waals surface area (Å²) in [6.07, 6.45) is 8.40. The molecule has 222 valence electrons. The van der Waals surface area contributed by atoms with Gasteiger partial charge in [-0.1, -0.05) is 13.3 Å². The van der Waals surface area contributed by atoms with E-state index in [4.69, 9.17) is 4.74 Å². The number of pyridine rings is 1. The number of halogens is 6. The number of sulfonamides is 2. The Morgan fingerprint density at radius 3 is 1.95 bits per heavy atom. The summed E-state index contributed by atoms with van der Waals surface area (Å²) in [4.78, 5) is 25.4. The first-order chi connectivity index (χ1) is 18.4. The number of aromatic nitrogens is 1. The number of hydrogen-bond acceptors (Lipinski definition) is 8. The van der Waals surface area contributed by atoms with Gasteiger partial charge in [-0.3, -0.25) is 5.32 Å². The van der Waals surface area contributed by atoms with Gasteiger partial charge >= 0.3 is 17.1 Å². The average Bonchev–Trinajstić information content (AvgIpc) is 2.83. The lowest BCUT2D eigenvalue weighted by Gasteiger charge is -2.22. The van der Waals surface area contributed by atoms with E-state index in [0.29, 0.717) is 17.9 Å². The third-order valence-electron chi connectivity index (χ3n) is 4.43. The molecule has 0 saturated carbocycles. The minimum absolute atomic E-state index is 0.276. The summed E-state index contributed by atoms with van der Waals surface area (Å²) >= 11 is 0. The molecule has 1 N–H and O–H groups in total. The molecule has 0 spiro atoms. The van der Waals surface area contributed by atoms with Gasteiger partial charge in [-0.25, -0.2) is 31.0 Å². The maximum Gasteiger partial charge on any atom is 0.480 e. The molecule has 0 fully saturated rings. The van der Waals surface area contributed by atoms with Crippen molar-refractivity contribution in [2.24, 2.45) is 4.99 Å². The van der Waals surface area contributed by atoms with Crippen LogP contribution < -0.4 is 9.88 Å². The zero-order valence-corrected chi connectivity index (χ0v) is 22.1. The molecule has 1 aromatic carbocycles. The van der Waals surface area contributed by atoms with Crippen LogP contribution >= 0.6 is 0 Å². The maximum atomic E-state index is 11.8. The Bertz CT molecular complexity index is 1330. The number of alkyl halides is 6. The van der Waals surface area contributed by atoms with Crippen LogP contribution in [0, 0.1) is 0 Å². The predicted molar refractivity (Wildman–Crippen MR) is 128 cm³/mol. The molecule has 0 radical (unpaired) electrons. The highest BCUT2D eigenvalue weighted by Crippen LogP contribution is 2.36. The maximum absolute atomic E-state index is 11.8. The van der Waals surface area contributed by atoms with E-state index in [1.807, 2.05) is 17.0 Å². The molecule has 0 bridgehead atoms. The van der Waals surface area contributed by atoms with E-state index < -0.39 is 37.2 Å². The highest BCUT2D eigenvalue weighted by molar-refractivity contribution is 8.13. The Kier molecular flexibility index (Phi) is 12.7. The van der Waals surface area contributed by atoms with Gasteiger partial charge in [0.1, 0.15) is 0 Å². The van der Waals surface area contributed by atoms with Crippen LogP contribution in [0.2, 0.25) is 0 Å². The lowest BCUT2D eigenvalue weighted by Crippen LogP contribution is -2.36. The monoisotopic (exact) mass is 620 g/mol. The second-order valence-corrected chi connectivity index (χ2v) is 10.9. The Morgan fingerprint density at radius 1 is 0.975 bits per heavy atom. The van der Waals surface area contributed by atoms with Crippen LogP contribution in [0.1, 0.15) is 25.3 Å². The highest BCUT2D eigenvalue weighted by Gasteiger charge is 2.46. The lowest BCUT2D eigenvalue weighted by molar-refractivity contribution is -0.697. The first-order valence-electron chi connectivity index (χ1n) is 10.9. The molecular formula is C21H22F6N4O7S2. The summed E-state index contributed by atoms with van der Waals surface area (Å²) in [6, 6.07) is 10.7. The summed E-state index contributed by atoms with van der Waals surface area (Å²) < 4.78 is 116. The summed E-state index contributed by atoms with van der Waals surface area (Å²) in [5, 5.41) is 2.62. The molecule has 11 nitrogen and oxygen atoms in total. The molecule has 0 aliphatic carbocycles. The molecule has 0 aliphatic rings. The van der Waals surface area contributed by atoms with Crippen molar-refractivity contribution in [1.82, 2.24) is 0 Å². The van der Waals surface area contributed by atoms with Crippen LogP contribution in [0.5, 0.6) is 0 Å². The molecule has 40 heavy (non-hydrogen) atoms. The number of nitrogens with one attached hydrogen (secondary N) is 1. The van der Waals surface area contributed by atoms with Gasteiger partial charge in [0.15, 0.2) is 45.6 Å². The quantitative estimate of drug-likeness (QED) is 0.176. The van der Waals surface area contributed by atoms with E-state index in [2.05, 4.69) is 29.4 Å². The Balaban J connectivity index is 0.000000459. The minimum atomic E-state index is -6.72. The number of anilines is 1. The zero-order valence-electron chi connectivity index (χ0n) is 20.4. The van der Waals surface area contributed by atoms with E-state index in [1.54, 1.807) is 24.3 Å². The van der Waals surface area contributed by atoms with Gasteiger partial charge in [0, 0.05) is 17.8 Å². The lowest BCUT2D eigenvalue weighted by atomic mass is 10.1. The average molecular weight is 621 g/mol. The van der Waals surface area contributed by atoms with Crippen molar-refractivity contribution in [3.63, 3.8) is 0 Å². The minimum Gasteiger partial charge on any atom is -0.443 e. The molecule has 0 atom stereocenters. The Hall–Kier alpha value is -3.54. The first-order valence-corrected chi connectivity index (χ1v) is 13.8. The number of unbranched alkanes of at least 4 members (excludes halogenated alkanes) is 1. The molecule has 1 amide bonds. The molecule has 0 aliphatic heterocycles.